The molecule has 9 heavy (non-hydrogen) atoms. The van der Waals surface area contributed by atoms with Crippen molar-refractivity contribution in [1.82, 2.24) is 0 Å². The first-order valence-electron chi connectivity index (χ1n) is 2.98. The maximum atomic E-state index is 2.30. The Labute approximate surface area is 77.3 Å². The van der Waals surface area contributed by atoms with Gasteiger partial charge in [-0.3, -0.25) is 0 Å². The van der Waals surface area contributed by atoms with Gasteiger partial charge in [-0.2, -0.15) is 0 Å². The monoisotopic (exact) mass is 185 g/mol. The normalized spacial score (nSPS) is 8.22. The predicted molar refractivity (Wildman–Crippen MR) is 50.4 cm³/mol. The molecule has 0 fully saturated rings. The number of rotatable bonds is 2. The van der Waals surface area contributed by atoms with Gasteiger partial charge in [0, 0.05) is 0 Å². The molecule has 0 aromatic heterocycles. The Morgan fingerprint density at radius 2 is 1.00 bits per heavy atom. The lowest BCUT2D eigenvalue weighted by Crippen LogP contribution is -1.98. The maximum absolute atomic E-state index is 2.30. The van der Waals surface area contributed by atoms with Gasteiger partial charge in [-0.25, -0.2) is 0 Å². The van der Waals surface area contributed by atoms with E-state index in [0.29, 0.717) is 15.2 Å². The van der Waals surface area contributed by atoms with E-state index < -0.39 is 0 Å². The van der Waals surface area contributed by atoms with Crippen LogP contribution < -0.4 is 0 Å². The Morgan fingerprint density at radius 3 is 1.00 bits per heavy atom. The number of halogens is 2. The van der Waals surface area contributed by atoms with Crippen LogP contribution in [0, 0.1) is 0 Å². The van der Waals surface area contributed by atoms with Crippen molar-refractivity contribution < 1.29 is 0 Å². The van der Waals surface area contributed by atoms with E-state index in [2.05, 4.69) is 27.7 Å². The lowest BCUT2D eigenvalue weighted by atomic mass is 10.5. The van der Waals surface area contributed by atoms with Crippen LogP contribution in [0.25, 0.3) is 0 Å². The van der Waals surface area contributed by atoms with Gasteiger partial charge in [0.05, 0.1) is 0 Å². The second-order valence-corrected chi connectivity index (χ2v) is 5.73. The second kappa shape index (κ2) is 9.11. The van der Waals surface area contributed by atoms with Crippen molar-refractivity contribution >= 4 is 40.0 Å². The van der Waals surface area contributed by atoms with E-state index in [9.17, 15) is 0 Å². The summed E-state index contributed by atoms with van der Waals surface area (Å²) in [7, 11) is 0. The molecule has 0 aromatic carbocycles. The average Bonchev–Trinajstić information content (AvgIpc) is 1.27. The Morgan fingerprint density at radius 1 is 0.778 bits per heavy atom. The van der Waals surface area contributed by atoms with Crippen LogP contribution in [0.1, 0.15) is 27.7 Å². The molecule has 0 aromatic rings. The summed E-state index contributed by atoms with van der Waals surface area (Å²) in [4.78, 5) is 0. The molecule has 0 rings (SSSR count). The third kappa shape index (κ3) is 17.6. The molecule has 1 radical (unpaired) electrons. The van der Waals surface area contributed by atoms with Gasteiger partial charge in [0.25, 0.3) is 0 Å². The molecule has 0 atom stereocenters. The van der Waals surface area contributed by atoms with E-state index in [1.54, 1.807) is 0 Å². The zero-order valence-corrected chi connectivity index (χ0v) is 9.34. The van der Waals surface area contributed by atoms with Gasteiger partial charge in [-0.05, 0) is 0 Å². The van der Waals surface area contributed by atoms with Crippen molar-refractivity contribution in [1.29, 1.82) is 0 Å². The summed E-state index contributed by atoms with van der Waals surface area (Å²) in [5, 5.41) is 0. The molecule has 0 aliphatic rings. The molecule has 0 aliphatic heterocycles. The summed E-state index contributed by atoms with van der Waals surface area (Å²) in [6.45, 7) is 9.20. The fraction of sp³-hybridized carbons (Fsp3) is 1.00. The van der Waals surface area contributed by atoms with Crippen molar-refractivity contribution in [2.45, 2.75) is 37.3 Å². The van der Waals surface area contributed by atoms with Gasteiger partial charge in [0.1, 0.15) is 0 Å². The zero-order valence-electron chi connectivity index (χ0n) is 6.55. The SMILES string of the molecule is C[CH](C)[Al][CH](C)C.Cl.Cl. The molecule has 0 bridgehead atoms. The van der Waals surface area contributed by atoms with Gasteiger partial charge in [-0.15, -0.1) is 24.8 Å². The van der Waals surface area contributed by atoms with Crippen molar-refractivity contribution in [2.24, 2.45) is 0 Å². The molecule has 0 aliphatic carbocycles. The molecular formula is C6H16AlCl2. The summed E-state index contributed by atoms with van der Waals surface area (Å²) >= 11 is 0.713. The summed E-state index contributed by atoms with van der Waals surface area (Å²) in [5.74, 6) is 0. The standard InChI is InChI=1S/2C3H7.Al.2ClH/c2*1-3-2;;;/h2*3H,1-2H3;;2*1H. The quantitative estimate of drug-likeness (QED) is 0.581. The number of hydrogen-bond donors (Lipinski definition) is 0. The van der Waals surface area contributed by atoms with Crippen molar-refractivity contribution in [3.8, 4) is 0 Å². The van der Waals surface area contributed by atoms with Crippen molar-refractivity contribution in [3.63, 3.8) is 0 Å². The van der Waals surface area contributed by atoms with Crippen LogP contribution in [-0.2, 0) is 0 Å². The molecular weight excluding hydrogens is 170 g/mol. The minimum Gasteiger partial charge on any atom is -0.147 e. The minimum atomic E-state index is 0. The summed E-state index contributed by atoms with van der Waals surface area (Å²) in [6.07, 6.45) is 0. The van der Waals surface area contributed by atoms with Crippen LogP contribution in [0.2, 0.25) is 9.56 Å². The molecule has 0 nitrogen and oxygen atoms in total. The summed E-state index contributed by atoms with van der Waals surface area (Å²) < 4.78 is 1.92. The smallest absolute Gasteiger partial charge is 0.147 e. The molecule has 0 saturated heterocycles. The molecule has 0 N–H and O–H groups in total. The van der Waals surface area contributed by atoms with Crippen LogP contribution in [0.5, 0.6) is 0 Å². The maximum Gasteiger partial charge on any atom is 0.208 e. The molecule has 0 spiro atoms. The zero-order chi connectivity index (χ0) is 5.86. The van der Waals surface area contributed by atoms with Crippen molar-refractivity contribution in [2.75, 3.05) is 0 Å². The molecule has 0 saturated carbocycles. The van der Waals surface area contributed by atoms with Crippen LogP contribution in [0.15, 0.2) is 0 Å². The lowest BCUT2D eigenvalue weighted by Gasteiger charge is -2.02. The third-order valence-corrected chi connectivity index (χ3v) is 2.31. The highest BCUT2D eigenvalue weighted by atomic mass is 35.5. The van der Waals surface area contributed by atoms with Gasteiger partial charge in [-0.1, -0.05) is 37.3 Å². The molecule has 3 heteroatoms. The highest BCUT2D eigenvalue weighted by Crippen LogP contribution is 2.07. The van der Waals surface area contributed by atoms with Crippen molar-refractivity contribution in [3.05, 3.63) is 0 Å². The van der Waals surface area contributed by atoms with Gasteiger partial charge in [0.2, 0.25) is 15.2 Å². The van der Waals surface area contributed by atoms with Crippen LogP contribution >= 0.6 is 24.8 Å². The minimum absolute atomic E-state index is 0. The topological polar surface area (TPSA) is 0 Å². The third-order valence-electron chi connectivity index (χ3n) is 0.770. The van der Waals surface area contributed by atoms with E-state index in [1.807, 2.05) is 0 Å². The first-order chi connectivity index (χ1) is 3.13. The fourth-order valence-corrected chi connectivity index (χ4v) is 2.31. The Balaban J connectivity index is -0.000000180. The Hall–Kier alpha value is 1.11. The van der Waals surface area contributed by atoms with Gasteiger partial charge < -0.3 is 0 Å². The largest absolute Gasteiger partial charge is 0.208 e. The summed E-state index contributed by atoms with van der Waals surface area (Å²) in [5.41, 5.74) is 0. The van der Waals surface area contributed by atoms with Gasteiger partial charge >= 0.3 is 0 Å². The molecule has 57 valence electrons. The van der Waals surface area contributed by atoms with E-state index in [1.165, 1.54) is 0 Å². The predicted octanol–water partition coefficient (Wildman–Crippen LogP) is 3.19. The number of hydrogen-bond acceptors (Lipinski definition) is 0. The fourth-order valence-electron chi connectivity index (χ4n) is 0.770. The molecule has 0 unspecified atom stereocenters. The van der Waals surface area contributed by atoms with Crippen LogP contribution in [0.3, 0.4) is 0 Å². The summed E-state index contributed by atoms with van der Waals surface area (Å²) in [6, 6.07) is 0. The highest BCUT2D eigenvalue weighted by molar-refractivity contribution is 6.38. The second-order valence-electron chi connectivity index (χ2n) is 2.68. The first-order valence-corrected chi connectivity index (χ1v) is 4.31. The highest BCUT2D eigenvalue weighted by Gasteiger charge is 1.99. The van der Waals surface area contributed by atoms with Crippen LogP contribution in [0.4, 0.5) is 0 Å². The van der Waals surface area contributed by atoms with E-state index in [4.69, 9.17) is 0 Å². The first kappa shape index (κ1) is 16.6. The Bertz CT molecular complexity index is 40.3. The van der Waals surface area contributed by atoms with Crippen LogP contribution in [-0.4, -0.2) is 15.2 Å². The van der Waals surface area contributed by atoms with Gasteiger partial charge in [0.15, 0.2) is 0 Å². The average molecular weight is 186 g/mol. The van der Waals surface area contributed by atoms with E-state index >= 15 is 0 Å². The Kier molecular flexibility index (Phi) is 16.8. The molecule has 0 amide bonds. The van der Waals surface area contributed by atoms with E-state index in [0.717, 1.165) is 9.56 Å². The lowest BCUT2D eigenvalue weighted by molar-refractivity contribution is 0.971. The van der Waals surface area contributed by atoms with E-state index in [-0.39, 0.29) is 24.8 Å². The molecule has 0 heterocycles.